The number of hydrogen-bond donors (Lipinski definition) is 1. The number of methoxy groups -OCH3 is 1. The second-order valence-electron chi connectivity index (χ2n) is 8.44. The fourth-order valence-corrected chi connectivity index (χ4v) is 4.56. The van der Waals surface area contributed by atoms with Crippen LogP contribution >= 0.6 is 0 Å². The lowest BCUT2D eigenvalue weighted by atomic mass is 10.0. The van der Waals surface area contributed by atoms with Gasteiger partial charge in [-0.3, -0.25) is 4.79 Å². The zero-order valence-corrected chi connectivity index (χ0v) is 18.5. The third-order valence-electron chi connectivity index (χ3n) is 6.54. The van der Waals surface area contributed by atoms with E-state index < -0.39 is 17.2 Å². The molecule has 2 heterocycles. The first-order valence-electron chi connectivity index (χ1n) is 11.0. The van der Waals surface area contributed by atoms with Gasteiger partial charge in [-0.1, -0.05) is 0 Å². The highest BCUT2D eigenvalue weighted by molar-refractivity contribution is 5.97. The van der Waals surface area contributed by atoms with E-state index in [1.807, 2.05) is 16.5 Å². The van der Waals surface area contributed by atoms with Crippen LogP contribution in [0.15, 0.2) is 17.1 Å². The maximum Gasteiger partial charge on any atom is 0.343 e. The molecule has 2 aromatic rings. The Kier molecular flexibility index (Phi) is 5.92. The molecule has 2 fully saturated rings. The molecule has 1 saturated heterocycles. The number of ether oxygens (including phenoxy) is 2. The molecular weight excluding hydrogens is 401 g/mol. The Morgan fingerprint density at radius 2 is 2.10 bits per heavy atom. The summed E-state index contributed by atoms with van der Waals surface area (Å²) in [6.45, 7) is 5.40. The van der Waals surface area contributed by atoms with Crippen LogP contribution in [0.4, 0.5) is 10.1 Å². The molecule has 7 nitrogen and oxygen atoms in total. The van der Waals surface area contributed by atoms with Gasteiger partial charge >= 0.3 is 5.97 Å². The summed E-state index contributed by atoms with van der Waals surface area (Å²) in [5.41, 5.74) is 0.333. The van der Waals surface area contributed by atoms with Crippen molar-refractivity contribution in [3.63, 3.8) is 0 Å². The van der Waals surface area contributed by atoms with Gasteiger partial charge in [0.2, 0.25) is 5.43 Å². The predicted molar refractivity (Wildman–Crippen MR) is 118 cm³/mol. The minimum atomic E-state index is -0.685. The zero-order chi connectivity index (χ0) is 22.3. The van der Waals surface area contributed by atoms with E-state index in [1.165, 1.54) is 13.2 Å². The highest BCUT2D eigenvalue weighted by Crippen LogP contribution is 2.44. The number of pyridine rings is 1. The minimum absolute atomic E-state index is 0.0699. The summed E-state index contributed by atoms with van der Waals surface area (Å²) < 4.78 is 28.1. The van der Waals surface area contributed by atoms with E-state index in [1.54, 1.807) is 13.1 Å². The number of anilines is 1. The van der Waals surface area contributed by atoms with Crippen molar-refractivity contribution >= 4 is 22.6 Å². The van der Waals surface area contributed by atoms with Crippen LogP contribution in [0.5, 0.6) is 5.75 Å². The molecule has 1 N–H and O–H groups in total. The third-order valence-corrected chi connectivity index (χ3v) is 6.54. The van der Waals surface area contributed by atoms with Crippen molar-refractivity contribution in [2.24, 2.45) is 5.92 Å². The summed E-state index contributed by atoms with van der Waals surface area (Å²) in [7, 11) is 3.43. The third kappa shape index (κ3) is 3.78. The van der Waals surface area contributed by atoms with Crippen LogP contribution < -0.4 is 20.4 Å². The average molecular weight is 432 g/mol. The molecule has 1 aliphatic heterocycles. The Labute approximate surface area is 181 Å². The van der Waals surface area contributed by atoms with Gasteiger partial charge in [0.05, 0.1) is 24.6 Å². The minimum Gasteiger partial charge on any atom is -0.492 e. The average Bonchev–Trinajstić information content (AvgIpc) is 3.49. The normalized spacial score (nSPS) is 19.6. The maximum atomic E-state index is 15.4. The van der Waals surface area contributed by atoms with Crippen molar-refractivity contribution in [1.82, 2.24) is 9.88 Å². The number of benzene rings is 1. The quantitative estimate of drug-likeness (QED) is 0.680. The van der Waals surface area contributed by atoms with Crippen LogP contribution in [-0.4, -0.2) is 50.4 Å². The monoisotopic (exact) mass is 431 g/mol. The number of fused-ring (bicyclic) bond motifs is 1. The first-order chi connectivity index (χ1) is 14.9. The number of aromatic nitrogens is 1. The summed E-state index contributed by atoms with van der Waals surface area (Å²) in [4.78, 5) is 27.5. The molecule has 8 heteroatoms. The molecule has 0 bridgehead atoms. The molecule has 0 radical (unpaired) electrons. The Hall–Kier alpha value is -2.61. The number of carbonyl (C=O) groups excluding carboxylic acids is 1. The summed E-state index contributed by atoms with van der Waals surface area (Å²) in [6, 6.07) is 1.72. The predicted octanol–water partition coefficient (Wildman–Crippen LogP) is 3.10. The molecular formula is C23H30FN3O4. The summed E-state index contributed by atoms with van der Waals surface area (Å²) in [6.07, 6.45) is 4.36. The van der Waals surface area contributed by atoms with Crippen molar-refractivity contribution in [2.45, 2.75) is 45.2 Å². The molecule has 1 aromatic carbocycles. The molecule has 31 heavy (non-hydrogen) atoms. The summed E-state index contributed by atoms with van der Waals surface area (Å²) >= 11 is 0. The van der Waals surface area contributed by atoms with Gasteiger partial charge < -0.3 is 24.3 Å². The number of esters is 1. The molecule has 1 aromatic heterocycles. The lowest BCUT2D eigenvalue weighted by Gasteiger charge is -2.25. The molecule has 4 rings (SSSR count). The van der Waals surface area contributed by atoms with Crippen molar-refractivity contribution in [2.75, 3.05) is 38.8 Å². The smallest absolute Gasteiger partial charge is 0.343 e. The molecule has 0 unspecified atom stereocenters. The molecule has 2 aliphatic rings. The summed E-state index contributed by atoms with van der Waals surface area (Å²) in [5.74, 6) is -0.452. The van der Waals surface area contributed by atoms with Gasteiger partial charge in [0, 0.05) is 31.4 Å². The van der Waals surface area contributed by atoms with E-state index in [2.05, 4.69) is 12.2 Å². The fraction of sp³-hybridized carbons (Fsp3) is 0.565. The Bertz CT molecular complexity index is 1060. The first-order valence-corrected chi connectivity index (χ1v) is 11.0. The topological polar surface area (TPSA) is 72.8 Å². The van der Waals surface area contributed by atoms with Crippen molar-refractivity contribution in [3.8, 4) is 5.75 Å². The molecule has 1 aliphatic carbocycles. The van der Waals surface area contributed by atoms with Crippen LogP contribution in [0, 0.1) is 11.7 Å². The fourth-order valence-electron chi connectivity index (χ4n) is 4.56. The largest absolute Gasteiger partial charge is 0.492 e. The van der Waals surface area contributed by atoms with Gasteiger partial charge in [0.25, 0.3) is 0 Å². The SMILES string of the molecule is CCOC(=O)c1cn(C2CC2)c2c(OC)c(N3CC[C@@H]([C@H](C)NC)C3)c(F)cc2c1=O. The molecule has 1 saturated carbocycles. The van der Waals surface area contributed by atoms with Crippen LogP contribution in [0.2, 0.25) is 0 Å². The summed E-state index contributed by atoms with van der Waals surface area (Å²) in [5, 5.41) is 3.43. The van der Waals surface area contributed by atoms with Crippen molar-refractivity contribution in [3.05, 3.63) is 33.9 Å². The van der Waals surface area contributed by atoms with Crippen LogP contribution in [0.25, 0.3) is 10.9 Å². The zero-order valence-electron chi connectivity index (χ0n) is 18.5. The van der Waals surface area contributed by atoms with Crippen molar-refractivity contribution in [1.29, 1.82) is 0 Å². The van der Waals surface area contributed by atoms with Crippen LogP contribution in [0.3, 0.4) is 0 Å². The molecule has 0 amide bonds. The van der Waals surface area contributed by atoms with Gasteiger partial charge in [0.15, 0.2) is 11.6 Å². The standard InChI is InChI=1S/C23H30FN3O4/c1-5-31-23(29)17-12-27(15-6-7-15)19-16(21(17)28)10-18(24)20(22(19)30-4)26-9-8-14(11-26)13(2)25-3/h10,12-15,25H,5-9,11H2,1-4H3/t13-,14+/m0/s1. The van der Waals surface area contributed by atoms with Gasteiger partial charge in [-0.25, -0.2) is 9.18 Å². The lowest BCUT2D eigenvalue weighted by Crippen LogP contribution is -2.33. The number of rotatable bonds is 7. The number of nitrogens with one attached hydrogen (secondary N) is 1. The highest BCUT2D eigenvalue weighted by atomic mass is 19.1. The van der Waals surface area contributed by atoms with Crippen molar-refractivity contribution < 1.29 is 18.7 Å². The number of halogens is 1. The number of carbonyl (C=O) groups is 1. The van der Waals surface area contributed by atoms with Gasteiger partial charge in [0.1, 0.15) is 11.3 Å². The van der Waals surface area contributed by atoms with Crippen LogP contribution in [0.1, 0.15) is 49.5 Å². The van der Waals surface area contributed by atoms with Gasteiger partial charge in [-0.2, -0.15) is 0 Å². The highest BCUT2D eigenvalue weighted by Gasteiger charge is 2.34. The Balaban J connectivity index is 1.90. The molecule has 0 spiro atoms. The van der Waals surface area contributed by atoms with E-state index in [-0.39, 0.29) is 23.6 Å². The van der Waals surface area contributed by atoms with Crippen LogP contribution in [-0.2, 0) is 4.74 Å². The first kappa shape index (κ1) is 21.6. The Morgan fingerprint density at radius 3 is 2.71 bits per heavy atom. The second kappa shape index (κ2) is 8.49. The molecule has 168 valence electrons. The van der Waals surface area contributed by atoms with E-state index in [0.717, 1.165) is 19.3 Å². The maximum absolute atomic E-state index is 15.4. The second-order valence-corrected chi connectivity index (χ2v) is 8.44. The Morgan fingerprint density at radius 1 is 1.35 bits per heavy atom. The van der Waals surface area contributed by atoms with Gasteiger partial charge in [-0.05, 0) is 52.1 Å². The lowest BCUT2D eigenvalue weighted by molar-refractivity contribution is 0.0524. The number of nitrogens with zero attached hydrogens (tertiary/aromatic N) is 2. The number of hydrogen-bond acceptors (Lipinski definition) is 6. The van der Waals surface area contributed by atoms with E-state index in [9.17, 15) is 9.59 Å². The van der Waals surface area contributed by atoms with E-state index in [0.29, 0.717) is 42.0 Å². The van der Waals surface area contributed by atoms with E-state index in [4.69, 9.17) is 9.47 Å². The van der Waals surface area contributed by atoms with E-state index >= 15 is 4.39 Å². The molecule has 2 atom stereocenters. The van der Waals surface area contributed by atoms with Gasteiger partial charge in [-0.15, -0.1) is 0 Å².